The molecule has 1 aromatic carbocycles. The van der Waals surface area contributed by atoms with Crippen molar-refractivity contribution in [1.82, 2.24) is 24.6 Å². The van der Waals surface area contributed by atoms with Crippen LogP contribution in [0.5, 0.6) is 0 Å². The summed E-state index contributed by atoms with van der Waals surface area (Å²) in [7, 11) is -0.411. The minimum absolute atomic E-state index is 0.293. The number of hydrogen-bond donors (Lipinski definition) is 1. The van der Waals surface area contributed by atoms with Gasteiger partial charge in [-0.2, -0.15) is 5.26 Å². The lowest BCUT2D eigenvalue weighted by Crippen LogP contribution is -2.65. The molecule has 6 rings (SSSR count). The Kier molecular flexibility index (Phi) is 8.13. The van der Waals surface area contributed by atoms with Gasteiger partial charge in [-0.05, 0) is 57.1 Å². The second-order valence-electron chi connectivity index (χ2n) is 12.0. The normalized spacial score (nSPS) is 24.3. The number of nitrogens with zero attached hydrogens (tertiary/aromatic N) is 8. The fourth-order valence-electron chi connectivity index (χ4n) is 7.14. The number of anilines is 2. The first kappa shape index (κ1) is 27.9. The average molecular weight is 553 g/mol. The van der Waals surface area contributed by atoms with Crippen molar-refractivity contribution in [2.45, 2.75) is 45.2 Å². The van der Waals surface area contributed by atoms with Crippen molar-refractivity contribution in [3.05, 3.63) is 59.9 Å². The zero-order chi connectivity index (χ0) is 28.5. The van der Waals surface area contributed by atoms with E-state index in [1.165, 1.54) is 5.69 Å². The summed E-state index contributed by atoms with van der Waals surface area (Å²) in [6.45, 7) is 15.2. The smallest absolute Gasteiger partial charge is 0.376 e. The summed E-state index contributed by atoms with van der Waals surface area (Å²) in [5.41, 5.74) is 3.75. The van der Waals surface area contributed by atoms with Crippen molar-refractivity contribution in [2.75, 3.05) is 68.7 Å². The summed E-state index contributed by atoms with van der Waals surface area (Å²) < 4.78 is 0. The molecule has 0 bridgehead atoms. The van der Waals surface area contributed by atoms with Crippen molar-refractivity contribution < 1.29 is 5.02 Å². The monoisotopic (exact) mass is 552 g/mol. The third-order valence-corrected chi connectivity index (χ3v) is 9.26. The largest absolute Gasteiger partial charge is 0.437 e. The summed E-state index contributed by atoms with van der Waals surface area (Å²) in [6.07, 6.45) is 2.71. The van der Waals surface area contributed by atoms with Gasteiger partial charge in [0.1, 0.15) is 11.9 Å². The molecule has 0 spiro atoms. The molecule has 3 aromatic rings. The van der Waals surface area contributed by atoms with E-state index in [1.54, 1.807) is 6.20 Å². The molecule has 0 unspecified atom stereocenters. The molecule has 41 heavy (non-hydrogen) atoms. The number of rotatable bonds is 6. The molecule has 5 heterocycles. The topological polar surface area (TPSA) is 86.0 Å². The number of fused-ring (bicyclic) bond motifs is 2. The van der Waals surface area contributed by atoms with Crippen LogP contribution in [0.3, 0.4) is 0 Å². The third-order valence-electron chi connectivity index (χ3n) is 9.26. The molecule has 3 atom stereocenters. The van der Waals surface area contributed by atoms with Crippen molar-refractivity contribution in [3.63, 3.8) is 0 Å². The Morgan fingerprint density at radius 3 is 2.61 bits per heavy atom. The first-order chi connectivity index (χ1) is 19.9. The van der Waals surface area contributed by atoms with E-state index < -0.39 is 7.05 Å². The van der Waals surface area contributed by atoms with E-state index in [0.717, 1.165) is 87.7 Å². The van der Waals surface area contributed by atoms with Gasteiger partial charge in [-0.3, -0.25) is 9.88 Å². The zero-order valence-electron chi connectivity index (χ0n) is 24.5. The van der Waals surface area contributed by atoms with Gasteiger partial charge >= 0.3 is 7.05 Å². The molecule has 3 aliphatic rings. The van der Waals surface area contributed by atoms with Gasteiger partial charge in [-0.15, -0.1) is 0 Å². The van der Waals surface area contributed by atoms with Crippen LogP contribution < -0.4 is 9.80 Å². The molecule has 2 aromatic heterocycles. The highest BCUT2D eigenvalue weighted by Crippen LogP contribution is 2.32. The van der Waals surface area contributed by atoms with Crippen LogP contribution in [-0.2, 0) is 6.42 Å². The van der Waals surface area contributed by atoms with E-state index in [4.69, 9.17) is 4.98 Å². The Balaban J connectivity index is 1.10. The molecule has 3 saturated heterocycles. The minimum atomic E-state index is -0.411. The van der Waals surface area contributed by atoms with Crippen molar-refractivity contribution in [1.29, 1.82) is 5.26 Å². The maximum Gasteiger partial charge on any atom is 0.376 e. The summed E-state index contributed by atoms with van der Waals surface area (Å²) >= 11 is 0. The van der Waals surface area contributed by atoms with E-state index in [2.05, 4.69) is 79.6 Å². The van der Waals surface area contributed by atoms with Crippen LogP contribution in [0.2, 0.25) is 6.82 Å². The van der Waals surface area contributed by atoms with Crippen molar-refractivity contribution in [3.8, 4) is 6.07 Å². The maximum absolute atomic E-state index is 10.0. The standard InChI is InChI=1S/C31H41BN8O/c1-23-19-38(29-10-9-25(18-33)31-28(29)7-5-12-34-31)22-27-21-36(14-16-39(23)27)13-11-26-6-4-8-30(35-26)37-15-17-40(32(3)41)24(2)20-37/h4-10,12,23-24,27,41H,11,13-17,19-22H2,1-3H3/t23-,24+,27+/m1/s1. The molecule has 3 fully saturated rings. The van der Waals surface area contributed by atoms with E-state index in [-0.39, 0.29) is 0 Å². The maximum atomic E-state index is 10.0. The Bertz CT molecular complexity index is 1410. The van der Waals surface area contributed by atoms with Gasteiger partial charge in [-0.25, -0.2) is 4.98 Å². The highest BCUT2D eigenvalue weighted by molar-refractivity contribution is 6.45. The number of pyridine rings is 2. The van der Waals surface area contributed by atoms with E-state index in [9.17, 15) is 10.3 Å². The van der Waals surface area contributed by atoms with Crippen LogP contribution in [0.25, 0.3) is 10.9 Å². The molecule has 0 saturated carbocycles. The summed E-state index contributed by atoms with van der Waals surface area (Å²) in [5.74, 6) is 1.05. The number of piperazine rings is 3. The van der Waals surface area contributed by atoms with Crippen LogP contribution in [0.15, 0.2) is 48.7 Å². The lowest BCUT2D eigenvalue weighted by atomic mass is 9.82. The van der Waals surface area contributed by atoms with Crippen LogP contribution >= 0.6 is 0 Å². The number of nitriles is 1. The number of benzene rings is 1. The SMILES string of the molecule is CB(O)N1CCN(c2cccc(CCN3CCN4[C@@H](C3)CN(c3ccc(C#N)c5ncccc35)C[C@H]4C)n2)C[C@@H]1C. The van der Waals surface area contributed by atoms with Gasteiger partial charge in [0, 0.05) is 106 Å². The molecule has 0 radical (unpaired) electrons. The second kappa shape index (κ2) is 11.9. The molecule has 1 N–H and O–H groups in total. The Labute approximate surface area is 244 Å². The van der Waals surface area contributed by atoms with Gasteiger partial charge < -0.3 is 24.5 Å². The fourth-order valence-corrected chi connectivity index (χ4v) is 7.14. The van der Waals surface area contributed by atoms with Crippen LogP contribution in [0.4, 0.5) is 11.5 Å². The summed E-state index contributed by atoms with van der Waals surface area (Å²) in [4.78, 5) is 21.9. The molecule has 214 valence electrons. The molecule has 0 amide bonds. The fraction of sp³-hybridized carbons (Fsp3) is 0.516. The highest BCUT2D eigenvalue weighted by atomic mass is 16.2. The van der Waals surface area contributed by atoms with Crippen LogP contribution in [0, 0.1) is 11.3 Å². The van der Waals surface area contributed by atoms with Gasteiger partial charge in [0.25, 0.3) is 0 Å². The first-order valence-corrected chi connectivity index (χ1v) is 15.1. The molecule has 3 aliphatic heterocycles. The third kappa shape index (κ3) is 5.77. The molecular formula is C31H41BN8O. The van der Waals surface area contributed by atoms with Crippen molar-refractivity contribution in [2.24, 2.45) is 0 Å². The number of aromatic nitrogens is 2. The molecule has 9 nitrogen and oxygen atoms in total. The lowest BCUT2D eigenvalue weighted by Gasteiger charge is -2.51. The van der Waals surface area contributed by atoms with E-state index in [0.29, 0.717) is 23.7 Å². The predicted molar refractivity (Wildman–Crippen MR) is 165 cm³/mol. The van der Waals surface area contributed by atoms with Gasteiger partial charge in [0.15, 0.2) is 0 Å². The summed E-state index contributed by atoms with van der Waals surface area (Å²) in [6, 6.07) is 18.0. The van der Waals surface area contributed by atoms with Gasteiger partial charge in [0.2, 0.25) is 0 Å². The van der Waals surface area contributed by atoms with E-state index >= 15 is 0 Å². The van der Waals surface area contributed by atoms with Gasteiger partial charge in [-0.1, -0.05) is 6.07 Å². The quantitative estimate of drug-likeness (QED) is 0.464. The highest BCUT2D eigenvalue weighted by Gasteiger charge is 2.36. The van der Waals surface area contributed by atoms with E-state index in [1.807, 2.05) is 19.0 Å². The molecule has 0 aliphatic carbocycles. The minimum Gasteiger partial charge on any atom is -0.437 e. The summed E-state index contributed by atoms with van der Waals surface area (Å²) in [5, 5.41) is 20.7. The number of hydrogen-bond acceptors (Lipinski definition) is 9. The molecular weight excluding hydrogens is 511 g/mol. The van der Waals surface area contributed by atoms with Crippen LogP contribution in [0.1, 0.15) is 25.1 Å². The first-order valence-electron chi connectivity index (χ1n) is 15.1. The zero-order valence-corrected chi connectivity index (χ0v) is 24.5. The Morgan fingerprint density at radius 2 is 1.80 bits per heavy atom. The van der Waals surface area contributed by atoms with Crippen LogP contribution in [-0.4, -0.2) is 114 Å². The van der Waals surface area contributed by atoms with Gasteiger partial charge in [0.05, 0.1) is 11.1 Å². The second-order valence-corrected chi connectivity index (χ2v) is 12.0. The molecule has 10 heteroatoms. The Morgan fingerprint density at radius 1 is 0.951 bits per heavy atom. The van der Waals surface area contributed by atoms with Crippen molar-refractivity contribution >= 4 is 29.5 Å². The Hall–Kier alpha value is -3.23. The average Bonchev–Trinajstić information content (AvgIpc) is 2.99. The lowest BCUT2D eigenvalue weighted by molar-refractivity contribution is 0.0355. The predicted octanol–water partition coefficient (Wildman–Crippen LogP) is 2.56.